The van der Waals surface area contributed by atoms with Gasteiger partial charge in [0.05, 0.1) is 12.7 Å². The lowest BCUT2D eigenvalue weighted by atomic mass is 9.91. The molecular formula is C27H22O5. The molecule has 2 N–H and O–H groups in total. The van der Waals surface area contributed by atoms with Crippen molar-refractivity contribution in [1.82, 2.24) is 0 Å². The van der Waals surface area contributed by atoms with Crippen molar-refractivity contribution in [2.75, 3.05) is 7.11 Å². The van der Waals surface area contributed by atoms with Gasteiger partial charge in [-0.3, -0.25) is 0 Å². The van der Waals surface area contributed by atoms with Gasteiger partial charge in [-0.15, -0.1) is 0 Å². The lowest BCUT2D eigenvalue weighted by Crippen LogP contribution is -2.07. The molecule has 5 nitrogen and oxygen atoms in total. The Hall–Kier alpha value is -4.25. The van der Waals surface area contributed by atoms with Crippen LogP contribution in [0.3, 0.4) is 0 Å². The first-order chi connectivity index (χ1) is 15.6. The number of carboxylic acids is 1. The lowest BCUT2D eigenvalue weighted by molar-refractivity contribution is 0.0697. The molecule has 5 heteroatoms. The summed E-state index contributed by atoms with van der Waals surface area (Å²) in [5, 5.41) is 18.4. The van der Waals surface area contributed by atoms with E-state index in [4.69, 9.17) is 14.6 Å². The minimum atomic E-state index is -0.935. The summed E-state index contributed by atoms with van der Waals surface area (Å²) in [6, 6.07) is 27.7. The van der Waals surface area contributed by atoms with Crippen LogP contribution in [0.5, 0.6) is 17.2 Å². The molecule has 0 radical (unpaired) electrons. The number of ether oxygens (including phenoxy) is 2. The van der Waals surface area contributed by atoms with E-state index in [1.807, 2.05) is 60.7 Å². The van der Waals surface area contributed by atoms with Crippen LogP contribution in [-0.2, 0) is 6.61 Å². The summed E-state index contributed by atoms with van der Waals surface area (Å²) in [6.45, 7) is 0.643. The van der Waals surface area contributed by atoms with Crippen LogP contribution in [-0.4, -0.2) is 23.3 Å². The Bertz CT molecular complexity index is 1250. The molecule has 0 aliphatic carbocycles. The van der Waals surface area contributed by atoms with E-state index >= 15 is 0 Å². The van der Waals surface area contributed by atoms with Crippen molar-refractivity contribution in [1.29, 1.82) is 0 Å². The average molecular weight is 426 g/mol. The Morgan fingerprint density at radius 1 is 0.844 bits per heavy atom. The Morgan fingerprint density at radius 2 is 1.59 bits per heavy atom. The maximum Gasteiger partial charge on any atom is 0.336 e. The van der Waals surface area contributed by atoms with Crippen molar-refractivity contribution in [2.45, 2.75) is 6.61 Å². The molecule has 0 unspecified atom stereocenters. The second-order valence-corrected chi connectivity index (χ2v) is 7.21. The van der Waals surface area contributed by atoms with E-state index < -0.39 is 5.97 Å². The molecule has 0 aromatic heterocycles. The van der Waals surface area contributed by atoms with Gasteiger partial charge in [-0.1, -0.05) is 54.6 Å². The van der Waals surface area contributed by atoms with Crippen molar-refractivity contribution >= 4 is 5.97 Å². The Kier molecular flexibility index (Phi) is 6.08. The molecule has 1 aliphatic rings. The number of phenolic OH excluding ortho intramolecular Hbond substituents is 1. The first-order valence-corrected chi connectivity index (χ1v) is 10.1. The number of rotatable bonds is 4. The highest BCUT2D eigenvalue weighted by atomic mass is 16.5. The fourth-order valence-corrected chi connectivity index (χ4v) is 3.54. The molecule has 160 valence electrons. The Labute approximate surface area is 186 Å². The molecule has 4 aromatic carbocycles. The zero-order valence-electron chi connectivity index (χ0n) is 17.5. The van der Waals surface area contributed by atoms with E-state index in [9.17, 15) is 9.90 Å². The molecule has 1 heterocycles. The predicted molar refractivity (Wildman–Crippen MR) is 123 cm³/mol. The highest BCUT2D eigenvalue weighted by molar-refractivity contribution is 5.99. The molecule has 0 fully saturated rings. The minimum absolute atomic E-state index is 0.287. The molecule has 0 atom stereocenters. The molecule has 0 bridgehead atoms. The first kappa shape index (κ1) is 21.0. The Morgan fingerprint density at radius 3 is 2.22 bits per heavy atom. The highest BCUT2D eigenvalue weighted by Crippen LogP contribution is 2.36. The van der Waals surface area contributed by atoms with Gasteiger partial charge in [0.1, 0.15) is 23.9 Å². The number of benzene rings is 4. The summed E-state index contributed by atoms with van der Waals surface area (Å²) >= 11 is 0. The van der Waals surface area contributed by atoms with Crippen molar-refractivity contribution < 1.29 is 24.5 Å². The van der Waals surface area contributed by atoms with Crippen LogP contribution in [0.2, 0.25) is 0 Å². The summed E-state index contributed by atoms with van der Waals surface area (Å²) in [7, 11) is 1.62. The van der Waals surface area contributed by atoms with E-state index in [1.165, 1.54) is 0 Å². The maximum atomic E-state index is 11.5. The van der Waals surface area contributed by atoms with E-state index in [2.05, 4.69) is 0 Å². The number of hydrogen-bond acceptors (Lipinski definition) is 4. The molecule has 0 amide bonds. The van der Waals surface area contributed by atoms with Crippen LogP contribution in [0.25, 0.3) is 22.3 Å². The van der Waals surface area contributed by atoms with Gasteiger partial charge in [-0.2, -0.15) is 0 Å². The predicted octanol–water partition coefficient (Wildman–Crippen LogP) is 6.01. The van der Waals surface area contributed by atoms with Gasteiger partial charge in [0.2, 0.25) is 0 Å². The second-order valence-electron chi connectivity index (χ2n) is 7.21. The third-order valence-corrected chi connectivity index (χ3v) is 5.19. The van der Waals surface area contributed by atoms with E-state index in [0.717, 1.165) is 33.8 Å². The van der Waals surface area contributed by atoms with E-state index in [-0.39, 0.29) is 5.56 Å². The van der Waals surface area contributed by atoms with Gasteiger partial charge in [0, 0.05) is 5.56 Å². The van der Waals surface area contributed by atoms with Gasteiger partial charge >= 0.3 is 5.97 Å². The number of aromatic carboxylic acids is 1. The number of phenols is 1. The third kappa shape index (κ3) is 4.42. The van der Waals surface area contributed by atoms with Crippen LogP contribution in [0.4, 0.5) is 0 Å². The van der Waals surface area contributed by atoms with Gasteiger partial charge in [0.25, 0.3) is 0 Å². The zero-order valence-corrected chi connectivity index (χ0v) is 17.5. The summed E-state index contributed by atoms with van der Waals surface area (Å²) < 4.78 is 10.3. The zero-order chi connectivity index (χ0) is 22.5. The number of methoxy groups -OCH3 is 1. The normalized spacial score (nSPS) is 11.2. The number of carbonyl (C=O) groups is 1. The smallest absolute Gasteiger partial charge is 0.336 e. The minimum Gasteiger partial charge on any atom is -0.508 e. The number of hydrogen-bond donors (Lipinski definition) is 2. The van der Waals surface area contributed by atoms with Crippen molar-refractivity contribution in [3.63, 3.8) is 0 Å². The topological polar surface area (TPSA) is 76.0 Å². The molecule has 0 saturated heterocycles. The van der Waals surface area contributed by atoms with Gasteiger partial charge in [-0.25, -0.2) is 4.79 Å². The largest absolute Gasteiger partial charge is 0.508 e. The van der Waals surface area contributed by atoms with Gasteiger partial charge in [0.15, 0.2) is 0 Å². The van der Waals surface area contributed by atoms with Crippen molar-refractivity contribution in [3.8, 4) is 39.5 Å². The average Bonchev–Trinajstić information content (AvgIpc) is 2.82. The van der Waals surface area contributed by atoms with Crippen LogP contribution >= 0.6 is 0 Å². The van der Waals surface area contributed by atoms with E-state index in [1.54, 1.807) is 37.4 Å². The summed E-state index contributed by atoms with van der Waals surface area (Å²) in [6.07, 6.45) is 0. The highest BCUT2D eigenvalue weighted by Gasteiger charge is 2.16. The Balaban J connectivity index is 0.000000225. The quantitative estimate of drug-likeness (QED) is 0.418. The van der Waals surface area contributed by atoms with Crippen molar-refractivity contribution in [3.05, 3.63) is 102 Å². The van der Waals surface area contributed by atoms with E-state index in [0.29, 0.717) is 17.9 Å². The van der Waals surface area contributed by atoms with Crippen LogP contribution in [0.15, 0.2) is 91.0 Å². The summed E-state index contributed by atoms with van der Waals surface area (Å²) in [5.41, 5.74) is 4.90. The fraction of sp³-hybridized carbons (Fsp3) is 0.0741. The molecule has 0 saturated carbocycles. The molecule has 4 aromatic rings. The second kappa shape index (κ2) is 9.27. The van der Waals surface area contributed by atoms with Crippen LogP contribution < -0.4 is 9.47 Å². The summed E-state index contributed by atoms with van der Waals surface area (Å²) in [5.74, 6) is 1.01. The molecule has 0 spiro atoms. The number of carboxylic acid groups (broad SMARTS) is 1. The number of fused-ring (bicyclic) bond motifs is 1. The fourth-order valence-electron chi connectivity index (χ4n) is 3.54. The van der Waals surface area contributed by atoms with Gasteiger partial charge in [-0.05, 0) is 58.7 Å². The molecule has 32 heavy (non-hydrogen) atoms. The summed E-state index contributed by atoms with van der Waals surface area (Å²) in [4.78, 5) is 11.5. The monoisotopic (exact) mass is 426 g/mol. The van der Waals surface area contributed by atoms with Crippen LogP contribution in [0, 0.1) is 0 Å². The lowest BCUT2D eigenvalue weighted by Gasteiger charge is -2.19. The van der Waals surface area contributed by atoms with Crippen LogP contribution in [0.1, 0.15) is 15.9 Å². The molecule has 1 aliphatic heterocycles. The van der Waals surface area contributed by atoms with Crippen molar-refractivity contribution in [2.24, 2.45) is 0 Å². The number of aromatic hydroxyl groups is 1. The standard InChI is InChI=1S/C20H16O3.C7H6O2/c1-23-15-11-12-17(16-9-5-6-10-18(16)20(21)22)19(13-15)14-7-3-2-4-8-14;8-6-1-2-7-5(3-6)4-9-7/h2-13H,1H3,(H,21,22);1-3,8H,4H2. The first-order valence-electron chi connectivity index (χ1n) is 10.1. The maximum absolute atomic E-state index is 11.5. The van der Waals surface area contributed by atoms with Gasteiger partial charge < -0.3 is 19.7 Å². The third-order valence-electron chi connectivity index (χ3n) is 5.19. The molecule has 5 rings (SSSR count). The SMILES string of the molecule is COc1ccc(-c2ccccc2C(=O)O)c(-c2ccccc2)c1.Oc1ccc2c(c1)CO2. The molecular weight excluding hydrogens is 404 g/mol.